The van der Waals surface area contributed by atoms with E-state index in [1.165, 1.54) is 0 Å². The van der Waals surface area contributed by atoms with Crippen molar-refractivity contribution in [3.63, 3.8) is 0 Å². The Morgan fingerprint density at radius 3 is 2.18 bits per heavy atom. The normalized spacial score (nSPS) is 19.7. The van der Waals surface area contributed by atoms with Crippen molar-refractivity contribution >= 4 is 11.6 Å². The van der Waals surface area contributed by atoms with Crippen LogP contribution in [0, 0.1) is 11.3 Å². The van der Waals surface area contributed by atoms with Gasteiger partial charge >= 0.3 is 0 Å². The Morgan fingerprint density at radius 1 is 1.45 bits per heavy atom. The van der Waals surface area contributed by atoms with Crippen LogP contribution < -0.4 is 0 Å². The molecule has 0 saturated heterocycles. The standard InChI is InChI=1S/C9H14O2/c1-6(10)9(2,3)7-4-8(11)5-7/h7H,4-5H2,1-3H3. The summed E-state index contributed by atoms with van der Waals surface area (Å²) in [6.45, 7) is 5.45. The van der Waals surface area contributed by atoms with Crippen LogP contribution in [0.5, 0.6) is 0 Å². The van der Waals surface area contributed by atoms with Crippen LogP contribution in [0.4, 0.5) is 0 Å². The van der Waals surface area contributed by atoms with E-state index < -0.39 is 0 Å². The van der Waals surface area contributed by atoms with E-state index in [1.54, 1.807) is 6.92 Å². The number of hydrogen-bond donors (Lipinski definition) is 0. The van der Waals surface area contributed by atoms with E-state index >= 15 is 0 Å². The number of hydrogen-bond acceptors (Lipinski definition) is 2. The van der Waals surface area contributed by atoms with E-state index in [0.717, 1.165) is 0 Å². The number of ketones is 2. The molecule has 0 heterocycles. The molecule has 1 saturated carbocycles. The molecule has 0 spiro atoms. The molecule has 0 amide bonds. The Kier molecular flexibility index (Phi) is 1.87. The molecule has 2 heteroatoms. The summed E-state index contributed by atoms with van der Waals surface area (Å²) >= 11 is 0. The summed E-state index contributed by atoms with van der Waals surface area (Å²) in [5.41, 5.74) is -0.284. The highest BCUT2D eigenvalue weighted by molar-refractivity contribution is 5.89. The summed E-state index contributed by atoms with van der Waals surface area (Å²) in [7, 11) is 0. The second-order valence-corrected chi connectivity index (χ2v) is 3.92. The molecular formula is C9H14O2. The molecule has 62 valence electrons. The summed E-state index contributed by atoms with van der Waals surface area (Å²) < 4.78 is 0. The summed E-state index contributed by atoms with van der Waals surface area (Å²) in [6.07, 6.45) is 1.21. The zero-order valence-corrected chi connectivity index (χ0v) is 7.31. The molecule has 0 aromatic heterocycles. The Balaban J connectivity index is 2.60. The SMILES string of the molecule is CC(=O)C(C)(C)C1CC(=O)C1. The zero-order chi connectivity index (χ0) is 8.65. The third-order valence-corrected chi connectivity index (χ3v) is 2.88. The van der Waals surface area contributed by atoms with Gasteiger partial charge in [-0.05, 0) is 12.8 Å². The lowest BCUT2D eigenvalue weighted by Gasteiger charge is -2.37. The molecule has 0 atom stereocenters. The lowest BCUT2D eigenvalue weighted by atomic mass is 9.65. The van der Waals surface area contributed by atoms with Crippen molar-refractivity contribution in [2.75, 3.05) is 0 Å². The molecule has 11 heavy (non-hydrogen) atoms. The topological polar surface area (TPSA) is 34.1 Å². The van der Waals surface area contributed by atoms with Gasteiger partial charge in [-0.3, -0.25) is 9.59 Å². The molecule has 0 aromatic rings. The van der Waals surface area contributed by atoms with Crippen molar-refractivity contribution in [3.8, 4) is 0 Å². The van der Waals surface area contributed by atoms with Crippen LogP contribution in [0.25, 0.3) is 0 Å². The maximum Gasteiger partial charge on any atom is 0.135 e. The fraction of sp³-hybridized carbons (Fsp3) is 0.778. The predicted molar refractivity (Wildman–Crippen MR) is 42.2 cm³/mol. The van der Waals surface area contributed by atoms with Crippen LogP contribution in [-0.4, -0.2) is 11.6 Å². The van der Waals surface area contributed by atoms with Gasteiger partial charge in [0.1, 0.15) is 11.6 Å². The maximum absolute atomic E-state index is 11.1. The molecule has 1 fully saturated rings. The van der Waals surface area contributed by atoms with Gasteiger partial charge in [0.15, 0.2) is 0 Å². The Bertz CT molecular complexity index is 196. The Hall–Kier alpha value is -0.660. The molecule has 0 N–H and O–H groups in total. The maximum atomic E-state index is 11.1. The van der Waals surface area contributed by atoms with Gasteiger partial charge < -0.3 is 0 Å². The highest BCUT2D eigenvalue weighted by Gasteiger charge is 2.41. The van der Waals surface area contributed by atoms with Crippen LogP contribution in [0.1, 0.15) is 33.6 Å². The van der Waals surface area contributed by atoms with Crippen molar-refractivity contribution in [2.24, 2.45) is 11.3 Å². The molecule has 0 unspecified atom stereocenters. The van der Waals surface area contributed by atoms with Crippen LogP contribution in [0.3, 0.4) is 0 Å². The predicted octanol–water partition coefficient (Wildman–Crippen LogP) is 1.58. The van der Waals surface area contributed by atoms with Gasteiger partial charge in [-0.15, -0.1) is 0 Å². The second-order valence-electron chi connectivity index (χ2n) is 3.92. The number of rotatable bonds is 2. The smallest absolute Gasteiger partial charge is 0.135 e. The van der Waals surface area contributed by atoms with E-state index in [0.29, 0.717) is 24.5 Å². The van der Waals surface area contributed by atoms with Gasteiger partial charge in [0.2, 0.25) is 0 Å². The molecule has 0 radical (unpaired) electrons. The molecule has 0 aliphatic heterocycles. The van der Waals surface area contributed by atoms with Crippen LogP contribution in [0.2, 0.25) is 0 Å². The summed E-state index contributed by atoms with van der Waals surface area (Å²) in [4.78, 5) is 21.8. The molecule has 0 aromatic carbocycles. The van der Waals surface area contributed by atoms with Gasteiger partial charge in [-0.1, -0.05) is 13.8 Å². The molecular weight excluding hydrogens is 140 g/mol. The molecule has 1 aliphatic carbocycles. The summed E-state index contributed by atoms with van der Waals surface area (Å²) in [6, 6.07) is 0. The van der Waals surface area contributed by atoms with Crippen molar-refractivity contribution < 1.29 is 9.59 Å². The van der Waals surface area contributed by atoms with E-state index in [9.17, 15) is 9.59 Å². The first-order valence-corrected chi connectivity index (χ1v) is 3.97. The molecule has 2 nitrogen and oxygen atoms in total. The largest absolute Gasteiger partial charge is 0.300 e. The van der Waals surface area contributed by atoms with Gasteiger partial charge in [-0.25, -0.2) is 0 Å². The average molecular weight is 154 g/mol. The van der Waals surface area contributed by atoms with Crippen LogP contribution in [0.15, 0.2) is 0 Å². The first-order chi connectivity index (χ1) is 4.94. The van der Waals surface area contributed by atoms with Crippen molar-refractivity contribution in [1.29, 1.82) is 0 Å². The third-order valence-electron chi connectivity index (χ3n) is 2.88. The molecule has 1 rings (SSSR count). The van der Waals surface area contributed by atoms with E-state index in [4.69, 9.17) is 0 Å². The van der Waals surface area contributed by atoms with Gasteiger partial charge in [0.25, 0.3) is 0 Å². The first kappa shape index (κ1) is 8.44. The highest BCUT2D eigenvalue weighted by atomic mass is 16.1. The van der Waals surface area contributed by atoms with Crippen molar-refractivity contribution in [1.82, 2.24) is 0 Å². The van der Waals surface area contributed by atoms with Gasteiger partial charge in [0.05, 0.1) is 0 Å². The zero-order valence-electron chi connectivity index (χ0n) is 7.31. The number of Topliss-reactive ketones (excluding diaryl/α,β-unsaturated/α-hetero) is 2. The molecule has 0 bridgehead atoms. The highest BCUT2D eigenvalue weighted by Crippen LogP contribution is 2.39. The first-order valence-electron chi connectivity index (χ1n) is 3.97. The fourth-order valence-electron chi connectivity index (χ4n) is 1.29. The van der Waals surface area contributed by atoms with E-state index in [2.05, 4.69) is 0 Å². The van der Waals surface area contributed by atoms with Crippen molar-refractivity contribution in [3.05, 3.63) is 0 Å². The van der Waals surface area contributed by atoms with Crippen LogP contribution >= 0.6 is 0 Å². The van der Waals surface area contributed by atoms with Gasteiger partial charge in [-0.2, -0.15) is 0 Å². The second kappa shape index (κ2) is 2.43. The lowest BCUT2D eigenvalue weighted by Crippen LogP contribution is -2.40. The summed E-state index contributed by atoms with van der Waals surface area (Å²) in [5, 5.41) is 0. The fourth-order valence-corrected chi connectivity index (χ4v) is 1.29. The van der Waals surface area contributed by atoms with Crippen LogP contribution in [-0.2, 0) is 9.59 Å². The Morgan fingerprint density at radius 2 is 1.91 bits per heavy atom. The quantitative estimate of drug-likeness (QED) is 0.605. The lowest BCUT2D eigenvalue weighted by molar-refractivity contribution is -0.137. The minimum Gasteiger partial charge on any atom is -0.300 e. The van der Waals surface area contributed by atoms with E-state index in [-0.39, 0.29) is 11.2 Å². The minimum atomic E-state index is -0.284. The average Bonchev–Trinajstić information content (AvgIpc) is 1.80. The monoisotopic (exact) mass is 154 g/mol. The van der Waals surface area contributed by atoms with E-state index in [1.807, 2.05) is 13.8 Å². The van der Waals surface area contributed by atoms with Gasteiger partial charge in [0, 0.05) is 18.3 Å². The summed E-state index contributed by atoms with van der Waals surface area (Å²) in [5.74, 6) is 0.784. The number of carbonyl (C=O) groups is 2. The third kappa shape index (κ3) is 1.35. The molecule has 1 aliphatic rings. The Labute approximate surface area is 67.0 Å². The minimum absolute atomic E-state index is 0.190. The van der Waals surface area contributed by atoms with Crippen molar-refractivity contribution in [2.45, 2.75) is 33.6 Å². The number of carbonyl (C=O) groups excluding carboxylic acids is 2.